The zero-order chi connectivity index (χ0) is 33.8. The molecule has 8 bridgehead atoms. The lowest BCUT2D eigenvalue weighted by molar-refractivity contribution is -0.137. The molecular formula is C34H30Br4N4O4. The number of rotatable bonds is 8. The number of carboxylic acid groups (broad SMARTS) is 2. The highest BCUT2D eigenvalue weighted by Crippen LogP contribution is 2.45. The molecule has 0 saturated heterocycles. The van der Waals surface area contributed by atoms with Crippen molar-refractivity contribution in [3.63, 3.8) is 0 Å². The van der Waals surface area contributed by atoms with Gasteiger partial charge in [0.1, 0.15) is 0 Å². The van der Waals surface area contributed by atoms with Gasteiger partial charge >= 0.3 is 11.9 Å². The Morgan fingerprint density at radius 2 is 1.17 bits per heavy atom. The van der Waals surface area contributed by atoms with E-state index in [0.717, 1.165) is 65.6 Å². The molecule has 0 amide bonds. The van der Waals surface area contributed by atoms with Crippen molar-refractivity contribution in [2.24, 2.45) is 0 Å². The number of hydrogen-bond acceptors (Lipinski definition) is 4. The summed E-state index contributed by atoms with van der Waals surface area (Å²) in [5.74, 6) is -1.83. The van der Waals surface area contributed by atoms with Crippen LogP contribution >= 0.6 is 63.7 Å². The van der Waals surface area contributed by atoms with Gasteiger partial charge in [-0.15, -0.1) is 0 Å². The van der Waals surface area contributed by atoms with Gasteiger partial charge in [-0.3, -0.25) is 9.59 Å². The van der Waals surface area contributed by atoms with E-state index in [1.165, 1.54) is 0 Å². The van der Waals surface area contributed by atoms with Gasteiger partial charge in [-0.25, -0.2) is 9.97 Å². The van der Waals surface area contributed by atoms with Crippen LogP contribution < -0.4 is 0 Å². The molecule has 3 aromatic rings. The molecule has 2 aliphatic rings. The fraction of sp³-hybridized carbons (Fsp3) is 0.235. The summed E-state index contributed by atoms with van der Waals surface area (Å²) >= 11 is 15.4. The van der Waals surface area contributed by atoms with Crippen LogP contribution in [-0.4, -0.2) is 42.1 Å². The van der Waals surface area contributed by atoms with Crippen LogP contribution in [0.3, 0.4) is 0 Å². The molecule has 0 aliphatic carbocycles. The third-order valence-corrected chi connectivity index (χ3v) is 11.6. The first-order valence-electron chi connectivity index (χ1n) is 14.3. The molecule has 0 saturated carbocycles. The van der Waals surface area contributed by atoms with Crippen molar-refractivity contribution >= 4 is 126 Å². The van der Waals surface area contributed by atoms with Crippen molar-refractivity contribution in [1.82, 2.24) is 19.9 Å². The maximum absolute atomic E-state index is 11.7. The van der Waals surface area contributed by atoms with Crippen LogP contribution in [-0.2, 0) is 16.0 Å². The van der Waals surface area contributed by atoms with E-state index in [0.29, 0.717) is 41.7 Å². The van der Waals surface area contributed by atoms with Crippen LogP contribution in [0.5, 0.6) is 0 Å². The SMILES string of the molecule is C=CC1=C(C)c2nc1c(Br)c1[nH]c(c(Br)c3nc(c(Br)c4[nH]c(c(C)c4CCC(=O)O)c2Br)C(CCC(=O)O)=C3C)c(C=C)c1C. The molecule has 0 unspecified atom stereocenters. The van der Waals surface area contributed by atoms with Gasteiger partial charge in [-0.2, -0.15) is 0 Å². The van der Waals surface area contributed by atoms with Gasteiger partial charge in [-0.1, -0.05) is 25.3 Å². The molecule has 0 radical (unpaired) electrons. The van der Waals surface area contributed by atoms with E-state index in [9.17, 15) is 19.8 Å². The fourth-order valence-corrected chi connectivity index (χ4v) is 8.87. The second kappa shape index (κ2) is 13.2. The summed E-state index contributed by atoms with van der Waals surface area (Å²) in [6.07, 6.45) is 3.93. The van der Waals surface area contributed by atoms with Gasteiger partial charge in [0.25, 0.3) is 0 Å². The Balaban J connectivity index is 2.10. The van der Waals surface area contributed by atoms with Gasteiger partial charge in [0, 0.05) is 24.0 Å². The Hall–Kier alpha value is -3.06. The van der Waals surface area contributed by atoms with Gasteiger partial charge in [0.15, 0.2) is 0 Å². The Labute approximate surface area is 299 Å². The molecule has 8 nitrogen and oxygen atoms in total. The zero-order valence-electron chi connectivity index (χ0n) is 25.5. The minimum absolute atomic E-state index is 0.0775. The molecule has 46 heavy (non-hydrogen) atoms. The lowest BCUT2D eigenvalue weighted by atomic mass is 10.00. The molecule has 5 heterocycles. The lowest BCUT2D eigenvalue weighted by Gasteiger charge is -2.06. The van der Waals surface area contributed by atoms with Crippen LogP contribution in [0, 0.1) is 13.8 Å². The molecule has 0 atom stereocenters. The smallest absolute Gasteiger partial charge is 0.303 e. The number of carbonyl (C=O) groups is 2. The summed E-state index contributed by atoms with van der Waals surface area (Å²) in [6.45, 7) is 16.0. The molecule has 0 aromatic carbocycles. The maximum atomic E-state index is 11.7. The van der Waals surface area contributed by atoms with Crippen LogP contribution in [0.1, 0.15) is 78.1 Å². The standard InChI is InChI=1S/C34H30Br4N4O4/c1-7-17-13(3)27-23(35)29-15(5)19(9-11-21(43)44)33(41-29)26(38)34-20(10-12-22(45)46)16(6)30(42-34)25(37)32-18(8-2)14(4)28(40-32)24(36)31(17)39-27/h7-8,40-41H,1-2,9-12H2,3-6H3,(H,43,44)(H,45,46). The highest BCUT2D eigenvalue weighted by Gasteiger charge is 2.27. The molecular weight excluding hydrogens is 848 g/mol. The number of aromatic amines is 2. The molecule has 4 N–H and O–H groups in total. The number of aliphatic carboxylic acids is 2. The number of carboxylic acids is 2. The van der Waals surface area contributed by atoms with E-state index >= 15 is 0 Å². The van der Waals surface area contributed by atoms with Crippen LogP contribution in [0.4, 0.5) is 0 Å². The Bertz CT molecular complexity index is 2140. The number of nitrogens with zero attached hydrogens (tertiary/aromatic N) is 2. The van der Waals surface area contributed by atoms with Crippen LogP contribution in [0.25, 0.3) is 50.4 Å². The third-order valence-electron chi connectivity index (χ3n) is 8.53. The number of allylic oxidation sites excluding steroid dienone is 5. The summed E-state index contributed by atoms with van der Waals surface area (Å²) in [6, 6.07) is 0. The summed E-state index contributed by atoms with van der Waals surface area (Å²) in [4.78, 5) is 40.7. The highest BCUT2D eigenvalue weighted by atomic mass is 79.9. The third kappa shape index (κ3) is 5.71. The summed E-state index contributed by atoms with van der Waals surface area (Å²) in [7, 11) is 0. The number of aryl methyl sites for hydroxylation is 3. The largest absolute Gasteiger partial charge is 0.481 e. The van der Waals surface area contributed by atoms with E-state index in [-0.39, 0.29) is 25.7 Å². The molecule has 238 valence electrons. The average Bonchev–Trinajstić information content (AvgIpc) is 3.73. The first-order valence-corrected chi connectivity index (χ1v) is 17.5. The Morgan fingerprint density at radius 3 is 1.78 bits per heavy atom. The van der Waals surface area contributed by atoms with E-state index in [1.807, 2.05) is 27.7 Å². The number of hydrogen-bond donors (Lipinski definition) is 4. The number of H-pyrrole nitrogens is 2. The average molecular weight is 878 g/mol. The Morgan fingerprint density at radius 1 is 0.674 bits per heavy atom. The molecule has 0 spiro atoms. The van der Waals surface area contributed by atoms with Gasteiger partial charge in [0.05, 0.1) is 62.7 Å². The lowest BCUT2D eigenvalue weighted by Crippen LogP contribution is -1.99. The molecule has 0 fully saturated rings. The minimum Gasteiger partial charge on any atom is -0.481 e. The first-order chi connectivity index (χ1) is 21.7. The van der Waals surface area contributed by atoms with Crippen molar-refractivity contribution < 1.29 is 19.8 Å². The van der Waals surface area contributed by atoms with E-state index in [2.05, 4.69) is 86.8 Å². The Kier molecular flexibility index (Phi) is 9.85. The number of aromatic nitrogens is 4. The second-order valence-corrected chi connectivity index (χ2v) is 14.3. The normalized spacial score (nSPS) is 13.0. The zero-order valence-corrected chi connectivity index (χ0v) is 31.9. The maximum Gasteiger partial charge on any atom is 0.303 e. The summed E-state index contributed by atoms with van der Waals surface area (Å²) < 4.78 is 2.74. The van der Waals surface area contributed by atoms with E-state index in [1.54, 1.807) is 12.2 Å². The predicted molar refractivity (Wildman–Crippen MR) is 199 cm³/mol. The van der Waals surface area contributed by atoms with E-state index < -0.39 is 11.9 Å². The first kappa shape index (κ1) is 34.3. The molecule has 12 heteroatoms. The molecule has 3 aromatic heterocycles. The molecule has 2 aliphatic heterocycles. The number of halogens is 4. The van der Waals surface area contributed by atoms with Crippen molar-refractivity contribution in [3.05, 3.63) is 82.2 Å². The van der Waals surface area contributed by atoms with E-state index in [4.69, 9.17) is 9.97 Å². The van der Waals surface area contributed by atoms with Crippen LogP contribution in [0.2, 0.25) is 0 Å². The van der Waals surface area contributed by atoms with Gasteiger partial charge in [-0.05, 0) is 138 Å². The fourth-order valence-electron chi connectivity index (χ4n) is 6.02. The van der Waals surface area contributed by atoms with Crippen molar-refractivity contribution in [2.45, 2.75) is 53.4 Å². The van der Waals surface area contributed by atoms with Crippen molar-refractivity contribution in [3.8, 4) is 0 Å². The highest BCUT2D eigenvalue weighted by molar-refractivity contribution is 9.11. The van der Waals surface area contributed by atoms with Crippen molar-refractivity contribution in [1.29, 1.82) is 0 Å². The second-order valence-electron chi connectivity index (χ2n) is 11.1. The number of fused-ring (bicyclic) bond motifs is 8. The van der Waals surface area contributed by atoms with Crippen molar-refractivity contribution in [2.75, 3.05) is 0 Å². The minimum atomic E-state index is -0.918. The quantitative estimate of drug-likeness (QED) is 0.178. The summed E-state index contributed by atoms with van der Waals surface area (Å²) in [5.41, 5.74) is 12.5. The van der Waals surface area contributed by atoms with Gasteiger partial charge < -0.3 is 20.2 Å². The predicted octanol–water partition coefficient (Wildman–Crippen LogP) is 10.6. The van der Waals surface area contributed by atoms with Crippen LogP contribution in [0.15, 0.2) is 37.1 Å². The molecule has 5 rings (SSSR count). The van der Waals surface area contributed by atoms with Gasteiger partial charge in [0.2, 0.25) is 0 Å². The monoisotopic (exact) mass is 874 g/mol. The number of nitrogens with one attached hydrogen (secondary N) is 2. The summed E-state index contributed by atoms with van der Waals surface area (Å²) in [5, 5.41) is 19.2. The topological polar surface area (TPSA) is 132 Å².